The molecular formula is C25H29N3O5S. The van der Waals surface area contributed by atoms with Crippen LogP contribution < -0.4 is 5.56 Å². The lowest BCUT2D eigenvalue weighted by atomic mass is 9.90. The molecule has 1 fully saturated rings. The normalized spacial score (nSPS) is 14.9. The minimum atomic E-state index is -0.597. The number of carbonyl (C=O) groups excluding carboxylic acids is 2. The fraction of sp³-hybridized carbons (Fsp3) is 0.440. The van der Waals surface area contributed by atoms with Crippen molar-refractivity contribution in [3.8, 4) is 0 Å². The Kier molecular flexibility index (Phi) is 7.74. The Morgan fingerprint density at radius 1 is 1.15 bits per heavy atom. The Morgan fingerprint density at radius 2 is 1.88 bits per heavy atom. The van der Waals surface area contributed by atoms with Crippen LogP contribution in [0.25, 0.3) is 10.2 Å². The van der Waals surface area contributed by atoms with Crippen LogP contribution in [0, 0.1) is 5.92 Å². The Balaban J connectivity index is 1.44. The molecule has 1 aromatic carbocycles. The zero-order chi connectivity index (χ0) is 24.1. The van der Waals surface area contributed by atoms with E-state index in [1.54, 1.807) is 0 Å². The molecule has 0 unspecified atom stereocenters. The van der Waals surface area contributed by atoms with Crippen molar-refractivity contribution < 1.29 is 19.1 Å². The van der Waals surface area contributed by atoms with E-state index < -0.39 is 11.9 Å². The molecule has 0 bridgehead atoms. The van der Waals surface area contributed by atoms with Crippen LogP contribution in [0.5, 0.6) is 0 Å². The van der Waals surface area contributed by atoms with Crippen molar-refractivity contribution in [2.24, 2.45) is 5.92 Å². The molecule has 0 aliphatic carbocycles. The summed E-state index contributed by atoms with van der Waals surface area (Å²) in [5.41, 5.74) is 1.33. The molecule has 8 nitrogen and oxygen atoms in total. The number of methoxy groups -OCH3 is 2. The van der Waals surface area contributed by atoms with Crippen molar-refractivity contribution in [3.63, 3.8) is 0 Å². The monoisotopic (exact) mass is 483 g/mol. The number of ether oxygens (including phenoxy) is 2. The number of benzene rings is 1. The Labute approximate surface area is 201 Å². The van der Waals surface area contributed by atoms with Crippen LogP contribution in [0.15, 0.2) is 35.1 Å². The highest BCUT2D eigenvalue weighted by molar-refractivity contribution is 7.20. The zero-order valence-corrected chi connectivity index (χ0v) is 20.3. The number of aromatic amines is 1. The molecule has 1 aliphatic rings. The maximum atomic E-state index is 12.9. The summed E-state index contributed by atoms with van der Waals surface area (Å²) in [5.74, 6) is 0.123. The van der Waals surface area contributed by atoms with Crippen LogP contribution in [-0.4, -0.2) is 54.1 Å². The van der Waals surface area contributed by atoms with Gasteiger partial charge in [0.2, 0.25) is 0 Å². The number of nitrogens with one attached hydrogen (secondary N) is 1. The molecule has 2 aromatic heterocycles. The van der Waals surface area contributed by atoms with Gasteiger partial charge in [-0.3, -0.25) is 14.5 Å². The number of piperidine rings is 1. The average molecular weight is 484 g/mol. The van der Waals surface area contributed by atoms with Crippen LogP contribution in [0.4, 0.5) is 0 Å². The molecule has 0 atom stereocenters. The lowest BCUT2D eigenvalue weighted by Gasteiger charge is -2.31. The maximum Gasteiger partial charge on any atom is 0.348 e. The number of thiophene rings is 1. The van der Waals surface area contributed by atoms with Gasteiger partial charge in [-0.05, 0) is 50.3 Å². The molecule has 0 saturated carbocycles. The number of hydrogen-bond donors (Lipinski definition) is 1. The smallest absolute Gasteiger partial charge is 0.348 e. The van der Waals surface area contributed by atoms with E-state index in [2.05, 4.69) is 39.1 Å². The number of likely N-dealkylation sites (tertiary alicyclic amines) is 1. The second-order valence-corrected chi connectivity index (χ2v) is 9.59. The molecular weight excluding hydrogens is 454 g/mol. The van der Waals surface area contributed by atoms with Gasteiger partial charge in [0.25, 0.3) is 5.56 Å². The van der Waals surface area contributed by atoms with E-state index in [1.165, 1.54) is 26.2 Å². The number of H-pyrrole nitrogens is 1. The molecule has 4 rings (SSSR count). The fourth-order valence-electron chi connectivity index (χ4n) is 4.49. The lowest BCUT2D eigenvalue weighted by Crippen LogP contribution is -2.34. The second kappa shape index (κ2) is 10.9. The molecule has 180 valence electrons. The minimum Gasteiger partial charge on any atom is -0.469 e. The number of aryl methyl sites for hydroxylation is 1. The predicted octanol–water partition coefficient (Wildman–Crippen LogP) is 3.33. The van der Waals surface area contributed by atoms with E-state index in [0.29, 0.717) is 28.7 Å². The van der Waals surface area contributed by atoms with E-state index in [0.717, 1.165) is 43.7 Å². The van der Waals surface area contributed by atoms with E-state index >= 15 is 0 Å². The van der Waals surface area contributed by atoms with E-state index in [1.807, 2.05) is 6.07 Å². The van der Waals surface area contributed by atoms with Gasteiger partial charge in [0, 0.05) is 5.56 Å². The first-order chi connectivity index (χ1) is 16.5. The first-order valence-corrected chi connectivity index (χ1v) is 12.3. The molecule has 9 heteroatoms. The molecule has 0 amide bonds. The zero-order valence-electron chi connectivity index (χ0n) is 19.5. The third-order valence-electron chi connectivity index (χ3n) is 6.39. The maximum absolute atomic E-state index is 12.9. The quantitative estimate of drug-likeness (QED) is 0.491. The first kappa shape index (κ1) is 24.1. The van der Waals surface area contributed by atoms with Crippen molar-refractivity contribution in [2.75, 3.05) is 27.3 Å². The van der Waals surface area contributed by atoms with Gasteiger partial charge in [0.05, 0.1) is 32.6 Å². The van der Waals surface area contributed by atoms with Gasteiger partial charge in [-0.15, -0.1) is 11.3 Å². The molecule has 34 heavy (non-hydrogen) atoms. The van der Waals surface area contributed by atoms with Crippen LogP contribution in [0.1, 0.15) is 45.9 Å². The lowest BCUT2D eigenvalue weighted by molar-refractivity contribution is -0.139. The topological polar surface area (TPSA) is 102 Å². The first-order valence-electron chi connectivity index (χ1n) is 11.4. The molecule has 3 aromatic rings. The number of carbonyl (C=O) groups is 2. The summed E-state index contributed by atoms with van der Waals surface area (Å²) in [6.07, 6.45) is 4.34. The highest BCUT2D eigenvalue weighted by atomic mass is 32.1. The summed E-state index contributed by atoms with van der Waals surface area (Å²) in [4.78, 5) is 47.4. The van der Waals surface area contributed by atoms with Gasteiger partial charge in [-0.25, -0.2) is 9.78 Å². The van der Waals surface area contributed by atoms with Gasteiger partial charge in [-0.1, -0.05) is 30.3 Å². The average Bonchev–Trinajstić information content (AvgIpc) is 3.22. The Bertz CT molecular complexity index is 1210. The van der Waals surface area contributed by atoms with Crippen molar-refractivity contribution >= 4 is 33.5 Å². The highest BCUT2D eigenvalue weighted by Crippen LogP contribution is 2.30. The van der Waals surface area contributed by atoms with Gasteiger partial charge in [0.15, 0.2) is 0 Å². The summed E-state index contributed by atoms with van der Waals surface area (Å²) in [7, 11) is 2.53. The third kappa shape index (κ3) is 5.53. The van der Waals surface area contributed by atoms with E-state index in [-0.39, 0.29) is 22.2 Å². The van der Waals surface area contributed by atoms with Crippen LogP contribution in [-0.2, 0) is 33.7 Å². The van der Waals surface area contributed by atoms with Crippen LogP contribution >= 0.6 is 11.3 Å². The molecule has 1 saturated heterocycles. The number of aromatic nitrogens is 2. The Hall–Kier alpha value is -3.04. The largest absolute Gasteiger partial charge is 0.469 e. The number of nitrogens with zero attached hydrogens (tertiary/aromatic N) is 2. The summed E-state index contributed by atoms with van der Waals surface area (Å²) < 4.78 is 9.57. The van der Waals surface area contributed by atoms with Crippen molar-refractivity contribution in [1.29, 1.82) is 0 Å². The number of fused-ring (bicyclic) bond motifs is 1. The molecule has 1 aliphatic heterocycles. The van der Waals surface area contributed by atoms with Crippen molar-refractivity contribution in [1.82, 2.24) is 14.9 Å². The van der Waals surface area contributed by atoms with E-state index in [9.17, 15) is 14.4 Å². The van der Waals surface area contributed by atoms with E-state index in [4.69, 9.17) is 9.47 Å². The van der Waals surface area contributed by atoms with Gasteiger partial charge < -0.3 is 14.5 Å². The van der Waals surface area contributed by atoms with Crippen LogP contribution in [0.2, 0.25) is 0 Å². The minimum absolute atomic E-state index is 0.193. The summed E-state index contributed by atoms with van der Waals surface area (Å²) >= 11 is 1.07. The summed E-state index contributed by atoms with van der Waals surface area (Å²) in [5, 5.41) is 0.249. The number of esters is 2. The SMILES string of the molecule is COC(=O)Cc1c(C(=O)OC)sc2nc(CN3CCC(CCc4ccccc4)CC3)[nH]c(=O)c12. The third-order valence-corrected chi connectivity index (χ3v) is 7.50. The predicted molar refractivity (Wildman–Crippen MR) is 130 cm³/mol. The van der Waals surface area contributed by atoms with Crippen molar-refractivity contribution in [2.45, 2.75) is 38.6 Å². The standard InChI is InChI=1S/C25H29N3O5S/c1-32-20(29)14-18-21-23(30)26-19(27-24(21)34-22(18)25(31)33-2)15-28-12-10-17(11-13-28)9-8-16-6-4-3-5-7-16/h3-7,17H,8-15H2,1-2H3,(H,26,27,30). The van der Waals surface area contributed by atoms with Gasteiger partial charge in [-0.2, -0.15) is 0 Å². The van der Waals surface area contributed by atoms with Crippen molar-refractivity contribution in [3.05, 3.63) is 62.5 Å². The highest BCUT2D eigenvalue weighted by Gasteiger charge is 2.25. The molecule has 0 spiro atoms. The molecule has 0 radical (unpaired) electrons. The summed E-state index contributed by atoms with van der Waals surface area (Å²) in [6, 6.07) is 10.6. The number of hydrogen-bond acceptors (Lipinski definition) is 8. The molecule has 1 N–H and O–H groups in total. The number of rotatable bonds is 8. The van der Waals surface area contributed by atoms with Gasteiger partial charge >= 0.3 is 11.9 Å². The van der Waals surface area contributed by atoms with Gasteiger partial charge in [0.1, 0.15) is 15.5 Å². The fourth-order valence-corrected chi connectivity index (χ4v) is 5.62. The second-order valence-electron chi connectivity index (χ2n) is 8.59. The Morgan fingerprint density at radius 3 is 2.56 bits per heavy atom. The summed E-state index contributed by atoms with van der Waals surface area (Å²) in [6.45, 7) is 2.44. The van der Waals surface area contributed by atoms with Crippen LogP contribution in [0.3, 0.4) is 0 Å². The molecule has 3 heterocycles.